The zero-order valence-electron chi connectivity index (χ0n) is 9.74. The third kappa shape index (κ3) is 3.42. The fraction of sp³-hybridized carbons (Fsp3) is 0.538. The van der Waals surface area contributed by atoms with Gasteiger partial charge in [0.1, 0.15) is 12.4 Å². The summed E-state index contributed by atoms with van der Waals surface area (Å²) in [5.41, 5.74) is 1.21. The van der Waals surface area contributed by atoms with E-state index < -0.39 is 0 Å². The van der Waals surface area contributed by atoms with Crippen LogP contribution in [0.15, 0.2) is 24.3 Å². The van der Waals surface area contributed by atoms with Crippen LogP contribution in [-0.4, -0.2) is 30.7 Å². The van der Waals surface area contributed by atoms with Crippen molar-refractivity contribution < 1.29 is 4.74 Å². The number of ether oxygens (including phenoxy) is 1. The van der Waals surface area contributed by atoms with Gasteiger partial charge in [-0.05, 0) is 30.7 Å². The molecule has 16 heavy (non-hydrogen) atoms. The fourth-order valence-corrected chi connectivity index (χ4v) is 3.02. The number of hydrogen-bond acceptors (Lipinski definition) is 3. The van der Waals surface area contributed by atoms with Crippen molar-refractivity contribution in [1.29, 1.82) is 0 Å². The van der Waals surface area contributed by atoms with Gasteiger partial charge in [-0.1, -0.05) is 18.2 Å². The summed E-state index contributed by atoms with van der Waals surface area (Å²) in [7, 11) is 0. The van der Waals surface area contributed by atoms with Crippen molar-refractivity contribution >= 4 is 11.8 Å². The number of nitrogens with one attached hydrogen (secondary N) is 1. The summed E-state index contributed by atoms with van der Waals surface area (Å²) in [4.78, 5) is 0. The highest BCUT2D eigenvalue weighted by Crippen LogP contribution is 2.17. The lowest BCUT2D eigenvalue weighted by Crippen LogP contribution is -2.32. The molecule has 1 aliphatic heterocycles. The smallest absolute Gasteiger partial charge is 0.122 e. The Kier molecular flexibility index (Phi) is 4.55. The van der Waals surface area contributed by atoms with Crippen molar-refractivity contribution in [2.24, 2.45) is 0 Å². The Balaban J connectivity index is 1.66. The molecular formula is C13H19NOS. The number of benzene rings is 1. The van der Waals surface area contributed by atoms with Crippen LogP contribution in [0.3, 0.4) is 0 Å². The van der Waals surface area contributed by atoms with Gasteiger partial charge in [0.15, 0.2) is 0 Å². The number of aryl methyl sites for hydroxylation is 1. The Hall–Kier alpha value is -0.670. The second-order valence-electron chi connectivity index (χ2n) is 4.13. The van der Waals surface area contributed by atoms with Crippen LogP contribution in [-0.2, 0) is 0 Å². The van der Waals surface area contributed by atoms with Gasteiger partial charge in [-0.3, -0.25) is 0 Å². The van der Waals surface area contributed by atoms with Gasteiger partial charge in [0.05, 0.1) is 0 Å². The highest BCUT2D eigenvalue weighted by atomic mass is 32.2. The first-order valence-corrected chi connectivity index (χ1v) is 7.01. The van der Waals surface area contributed by atoms with Gasteiger partial charge < -0.3 is 10.1 Å². The van der Waals surface area contributed by atoms with Crippen LogP contribution in [0.2, 0.25) is 0 Å². The van der Waals surface area contributed by atoms with E-state index in [2.05, 4.69) is 18.3 Å². The molecule has 1 atom stereocenters. The first-order valence-electron chi connectivity index (χ1n) is 5.86. The molecule has 1 aliphatic rings. The van der Waals surface area contributed by atoms with Gasteiger partial charge in [0, 0.05) is 18.3 Å². The van der Waals surface area contributed by atoms with Gasteiger partial charge in [-0.15, -0.1) is 0 Å². The maximum absolute atomic E-state index is 5.73. The summed E-state index contributed by atoms with van der Waals surface area (Å²) >= 11 is 2.04. The summed E-state index contributed by atoms with van der Waals surface area (Å²) in [6.07, 6.45) is 1.30. The molecule has 1 N–H and O–H groups in total. The van der Waals surface area contributed by atoms with Crippen LogP contribution in [0, 0.1) is 6.92 Å². The molecule has 0 saturated carbocycles. The van der Waals surface area contributed by atoms with E-state index in [1.54, 1.807) is 0 Å². The van der Waals surface area contributed by atoms with Crippen molar-refractivity contribution in [3.05, 3.63) is 29.8 Å². The Morgan fingerprint density at radius 2 is 2.31 bits per heavy atom. The van der Waals surface area contributed by atoms with Gasteiger partial charge in [-0.2, -0.15) is 11.8 Å². The van der Waals surface area contributed by atoms with Crippen molar-refractivity contribution in [2.75, 3.05) is 24.7 Å². The Bertz CT molecular complexity index is 323. The van der Waals surface area contributed by atoms with Crippen molar-refractivity contribution in [2.45, 2.75) is 19.4 Å². The Morgan fingerprint density at radius 3 is 3.06 bits per heavy atom. The molecule has 0 radical (unpaired) electrons. The Labute approximate surface area is 102 Å². The average Bonchev–Trinajstić information content (AvgIpc) is 2.79. The van der Waals surface area contributed by atoms with E-state index in [1.807, 2.05) is 30.0 Å². The van der Waals surface area contributed by atoms with E-state index in [4.69, 9.17) is 4.74 Å². The summed E-state index contributed by atoms with van der Waals surface area (Å²) in [5.74, 6) is 3.56. The molecule has 2 rings (SSSR count). The van der Waals surface area contributed by atoms with Gasteiger partial charge >= 0.3 is 0 Å². The topological polar surface area (TPSA) is 21.3 Å². The molecule has 0 spiro atoms. The van der Waals surface area contributed by atoms with Crippen LogP contribution in [0.1, 0.15) is 12.0 Å². The molecule has 1 aromatic rings. The lowest BCUT2D eigenvalue weighted by Gasteiger charge is -2.12. The molecule has 0 bridgehead atoms. The maximum atomic E-state index is 5.73. The second kappa shape index (κ2) is 6.16. The van der Waals surface area contributed by atoms with Gasteiger partial charge in [0.2, 0.25) is 0 Å². The molecule has 88 valence electrons. The molecule has 0 aromatic heterocycles. The van der Waals surface area contributed by atoms with E-state index >= 15 is 0 Å². The van der Waals surface area contributed by atoms with Crippen LogP contribution in [0.25, 0.3) is 0 Å². The maximum Gasteiger partial charge on any atom is 0.122 e. The zero-order valence-corrected chi connectivity index (χ0v) is 10.6. The molecule has 1 fully saturated rings. The van der Waals surface area contributed by atoms with Gasteiger partial charge in [0.25, 0.3) is 0 Å². The molecule has 1 aromatic carbocycles. The van der Waals surface area contributed by atoms with Crippen molar-refractivity contribution in [3.8, 4) is 5.75 Å². The van der Waals surface area contributed by atoms with Crippen molar-refractivity contribution in [3.63, 3.8) is 0 Å². The molecule has 1 heterocycles. The minimum atomic E-state index is 0.700. The average molecular weight is 237 g/mol. The van der Waals surface area contributed by atoms with Crippen molar-refractivity contribution in [1.82, 2.24) is 5.32 Å². The van der Waals surface area contributed by atoms with Crippen LogP contribution < -0.4 is 10.1 Å². The summed E-state index contributed by atoms with van der Waals surface area (Å²) in [6, 6.07) is 8.86. The predicted molar refractivity (Wildman–Crippen MR) is 70.4 cm³/mol. The van der Waals surface area contributed by atoms with Crippen LogP contribution in [0.5, 0.6) is 5.75 Å². The third-order valence-electron chi connectivity index (χ3n) is 2.82. The monoisotopic (exact) mass is 237 g/mol. The zero-order chi connectivity index (χ0) is 11.2. The predicted octanol–water partition coefficient (Wildman–Crippen LogP) is 2.47. The lowest BCUT2D eigenvalue weighted by molar-refractivity contribution is 0.305. The largest absolute Gasteiger partial charge is 0.492 e. The number of rotatable bonds is 5. The van der Waals surface area contributed by atoms with Crippen LogP contribution >= 0.6 is 11.8 Å². The molecule has 0 amide bonds. The summed E-state index contributed by atoms with van der Waals surface area (Å²) in [6.45, 7) is 3.78. The minimum absolute atomic E-state index is 0.700. The minimum Gasteiger partial charge on any atom is -0.492 e. The summed E-state index contributed by atoms with van der Waals surface area (Å²) < 4.78 is 5.73. The van der Waals surface area contributed by atoms with Crippen LogP contribution in [0.4, 0.5) is 0 Å². The van der Waals surface area contributed by atoms with Gasteiger partial charge in [-0.25, -0.2) is 0 Å². The number of thioether (sulfide) groups is 1. The Morgan fingerprint density at radius 1 is 1.44 bits per heavy atom. The van der Waals surface area contributed by atoms with E-state index in [9.17, 15) is 0 Å². The second-order valence-corrected chi connectivity index (χ2v) is 5.28. The third-order valence-corrected chi connectivity index (χ3v) is 3.98. The molecule has 1 unspecified atom stereocenters. The summed E-state index contributed by atoms with van der Waals surface area (Å²) in [5, 5.41) is 3.53. The SMILES string of the molecule is Cc1ccccc1OCCNC1CCSC1. The molecule has 0 aliphatic carbocycles. The highest BCUT2D eigenvalue weighted by Gasteiger charge is 2.13. The van der Waals surface area contributed by atoms with E-state index in [0.717, 1.165) is 18.9 Å². The standard InChI is InChI=1S/C13H19NOS/c1-11-4-2-3-5-13(11)15-8-7-14-12-6-9-16-10-12/h2-5,12,14H,6-10H2,1H3. The highest BCUT2D eigenvalue weighted by molar-refractivity contribution is 7.99. The molecule has 1 saturated heterocycles. The first-order chi connectivity index (χ1) is 7.86. The first kappa shape index (κ1) is 11.8. The van der Waals surface area contributed by atoms with E-state index in [1.165, 1.54) is 23.5 Å². The van der Waals surface area contributed by atoms with E-state index in [0.29, 0.717) is 6.04 Å². The van der Waals surface area contributed by atoms with E-state index in [-0.39, 0.29) is 0 Å². The molecule has 2 nitrogen and oxygen atoms in total. The number of hydrogen-bond donors (Lipinski definition) is 1. The number of para-hydroxylation sites is 1. The quantitative estimate of drug-likeness (QED) is 0.795. The normalized spacial score (nSPS) is 19.9. The molecule has 3 heteroatoms. The molecular weight excluding hydrogens is 218 g/mol. The lowest BCUT2D eigenvalue weighted by atomic mass is 10.2. The fourth-order valence-electron chi connectivity index (χ4n) is 1.84.